The highest BCUT2D eigenvalue weighted by Crippen LogP contribution is 2.45. The molecule has 1 saturated heterocycles. The average molecular weight is 377 g/mol. The number of hydrogen-bond donors (Lipinski definition) is 0. The maximum atomic E-state index is 12.8. The molecule has 0 aromatic carbocycles. The van der Waals surface area contributed by atoms with Crippen LogP contribution in [0.3, 0.4) is 0 Å². The van der Waals surface area contributed by atoms with Gasteiger partial charge < -0.3 is 9.80 Å². The van der Waals surface area contributed by atoms with Gasteiger partial charge in [-0.1, -0.05) is 0 Å². The van der Waals surface area contributed by atoms with Crippen LogP contribution >= 0.6 is 0 Å². The number of carbonyl (C=O) groups excluding carboxylic acids is 1. The molecule has 6 nitrogen and oxygen atoms in total. The highest BCUT2D eigenvalue weighted by molar-refractivity contribution is 5.95. The number of rotatable bonds is 2. The van der Waals surface area contributed by atoms with Crippen LogP contribution in [0.5, 0.6) is 0 Å². The minimum absolute atomic E-state index is 0.00902. The largest absolute Gasteiger partial charge is 0.433 e. The maximum Gasteiger partial charge on any atom is 0.433 e. The summed E-state index contributed by atoms with van der Waals surface area (Å²) in [6.07, 6.45) is -0.287. The number of aromatic nitrogens is 3. The van der Waals surface area contributed by atoms with Gasteiger partial charge in [0.2, 0.25) is 0 Å². The molecule has 142 valence electrons. The van der Waals surface area contributed by atoms with E-state index in [4.69, 9.17) is 0 Å². The van der Waals surface area contributed by atoms with Crippen molar-refractivity contribution in [2.45, 2.75) is 31.5 Å². The summed E-state index contributed by atoms with van der Waals surface area (Å²) in [6.45, 7) is 5.64. The first-order valence-electron chi connectivity index (χ1n) is 8.62. The molecule has 0 bridgehead atoms. The summed E-state index contributed by atoms with van der Waals surface area (Å²) in [6, 6.07) is 2.35. The lowest BCUT2D eigenvalue weighted by Gasteiger charge is -2.47. The monoisotopic (exact) mass is 377 g/mol. The zero-order chi connectivity index (χ0) is 19.4. The van der Waals surface area contributed by atoms with Crippen LogP contribution in [0.15, 0.2) is 30.7 Å². The third-order valence-corrected chi connectivity index (χ3v) is 5.12. The van der Waals surface area contributed by atoms with Gasteiger partial charge in [0.05, 0.1) is 11.1 Å². The maximum absolute atomic E-state index is 12.8. The van der Waals surface area contributed by atoms with Crippen molar-refractivity contribution in [3.8, 4) is 0 Å². The molecule has 0 aliphatic carbocycles. The van der Waals surface area contributed by atoms with E-state index in [1.165, 1.54) is 6.07 Å². The van der Waals surface area contributed by atoms with E-state index in [-0.39, 0.29) is 17.0 Å². The van der Waals surface area contributed by atoms with Crippen LogP contribution in [-0.2, 0) is 11.6 Å². The number of carbonyl (C=O) groups is 1. The first kappa shape index (κ1) is 17.7. The van der Waals surface area contributed by atoms with Gasteiger partial charge in [-0.25, -0.2) is 4.98 Å². The van der Waals surface area contributed by atoms with Crippen molar-refractivity contribution in [3.05, 3.63) is 47.7 Å². The van der Waals surface area contributed by atoms with Gasteiger partial charge in [-0.2, -0.15) is 13.2 Å². The van der Waals surface area contributed by atoms with Gasteiger partial charge in [-0.05, 0) is 26.0 Å². The molecule has 2 aromatic heterocycles. The number of likely N-dealkylation sites (tertiary alicyclic amines) is 1. The summed E-state index contributed by atoms with van der Waals surface area (Å²) in [7, 11) is 0. The van der Waals surface area contributed by atoms with Crippen LogP contribution in [0, 0.1) is 0 Å². The lowest BCUT2D eigenvalue weighted by atomic mass is 9.78. The van der Waals surface area contributed by atoms with Crippen molar-refractivity contribution in [2.75, 3.05) is 24.5 Å². The quantitative estimate of drug-likeness (QED) is 0.805. The summed E-state index contributed by atoms with van der Waals surface area (Å²) in [5, 5.41) is 0. The zero-order valence-corrected chi connectivity index (χ0v) is 14.9. The fourth-order valence-electron chi connectivity index (χ4n) is 3.80. The number of anilines is 1. The van der Waals surface area contributed by atoms with Gasteiger partial charge in [0.1, 0.15) is 5.69 Å². The lowest BCUT2D eigenvalue weighted by molar-refractivity contribution is -0.141. The molecule has 1 amide bonds. The Balaban J connectivity index is 1.56. The first-order valence-corrected chi connectivity index (χ1v) is 8.62. The Morgan fingerprint density at radius 2 is 1.81 bits per heavy atom. The molecule has 0 N–H and O–H groups in total. The summed E-state index contributed by atoms with van der Waals surface area (Å²) in [5.74, 6) is 0.393. The highest BCUT2D eigenvalue weighted by Gasteiger charge is 2.55. The summed E-state index contributed by atoms with van der Waals surface area (Å²) < 4.78 is 38.5. The Bertz CT molecular complexity index is 893. The van der Waals surface area contributed by atoms with E-state index in [1.54, 1.807) is 17.3 Å². The summed E-state index contributed by atoms with van der Waals surface area (Å²) >= 11 is 0. The van der Waals surface area contributed by atoms with Gasteiger partial charge in [-0.3, -0.25) is 14.8 Å². The molecule has 9 heteroatoms. The van der Waals surface area contributed by atoms with E-state index in [9.17, 15) is 18.0 Å². The van der Waals surface area contributed by atoms with E-state index in [0.717, 1.165) is 23.8 Å². The van der Waals surface area contributed by atoms with Crippen molar-refractivity contribution < 1.29 is 18.0 Å². The van der Waals surface area contributed by atoms with E-state index in [1.807, 2.05) is 0 Å². The number of fused-ring (bicyclic) bond motifs is 2. The molecule has 0 unspecified atom stereocenters. The summed E-state index contributed by atoms with van der Waals surface area (Å²) in [4.78, 5) is 28.6. The predicted molar refractivity (Wildman–Crippen MR) is 91.3 cm³/mol. The van der Waals surface area contributed by atoms with Crippen LogP contribution in [0.2, 0.25) is 0 Å². The topological polar surface area (TPSA) is 62.2 Å². The average Bonchev–Trinajstić information content (AvgIpc) is 2.95. The van der Waals surface area contributed by atoms with Crippen LogP contribution in [0.25, 0.3) is 0 Å². The predicted octanol–water partition coefficient (Wildman–Crippen LogP) is 2.51. The van der Waals surface area contributed by atoms with Gasteiger partial charge in [-0.15, -0.1) is 0 Å². The molecular formula is C18H18F3N5O. The fraction of sp³-hybridized carbons (Fsp3) is 0.444. The molecule has 1 fully saturated rings. The van der Waals surface area contributed by atoms with Crippen LogP contribution in [0.4, 0.5) is 19.0 Å². The second kappa shape index (κ2) is 5.90. The van der Waals surface area contributed by atoms with Gasteiger partial charge in [0.25, 0.3) is 5.91 Å². The third-order valence-electron chi connectivity index (χ3n) is 5.12. The second-order valence-corrected chi connectivity index (χ2v) is 7.32. The number of hydrogen-bond acceptors (Lipinski definition) is 5. The normalized spacial score (nSPS) is 18.0. The molecule has 2 aliphatic rings. The standard InChI is InChI=1S/C18H18F3N5O/c1-11(2)26-10-17(14-15(26)24-6-5-23-14)8-25(9-17)16(27)12-3-4-22-13(7-12)18(19,20)21/h3-7,11H,8-10H2,1-2H3. The molecule has 27 heavy (non-hydrogen) atoms. The van der Waals surface area contributed by atoms with Crippen molar-refractivity contribution >= 4 is 11.7 Å². The number of nitrogens with zero attached hydrogens (tertiary/aromatic N) is 5. The van der Waals surface area contributed by atoms with Crippen LogP contribution in [0.1, 0.15) is 35.6 Å². The third kappa shape index (κ3) is 2.81. The first-order chi connectivity index (χ1) is 12.7. The fourth-order valence-corrected chi connectivity index (χ4v) is 3.80. The molecule has 4 heterocycles. The van der Waals surface area contributed by atoms with E-state index in [0.29, 0.717) is 19.6 Å². The van der Waals surface area contributed by atoms with E-state index in [2.05, 4.69) is 33.7 Å². The molecule has 0 saturated carbocycles. The Kier molecular flexibility index (Phi) is 3.87. The van der Waals surface area contributed by atoms with E-state index >= 15 is 0 Å². The Labute approximate surface area is 154 Å². The number of halogens is 3. The number of pyridine rings is 1. The van der Waals surface area contributed by atoms with E-state index < -0.39 is 17.8 Å². The molecule has 1 spiro atoms. The Morgan fingerprint density at radius 1 is 1.11 bits per heavy atom. The van der Waals surface area contributed by atoms with Crippen molar-refractivity contribution in [1.82, 2.24) is 19.9 Å². The number of alkyl halides is 3. The van der Waals surface area contributed by atoms with Crippen molar-refractivity contribution in [3.63, 3.8) is 0 Å². The molecule has 0 atom stereocenters. The lowest BCUT2D eigenvalue weighted by Crippen LogP contribution is -2.63. The van der Waals surface area contributed by atoms with Crippen molar-refractivity contribution in [2.24, 2.45) is 0 Å². The molecule has 0 radical (unpaired) electrons. The van der Waals surface area contributed by atoms with Gasteiger partial charge >= 0.3 is 6.18 Å². The van der Waals surface area contributed by atoms with Gasteiger partial charge in [0, 0.05) is 49.8 Å². The van der Waals surface area contributed by atoms with Crippen molar-refractivity contribution in [1.29, 1.82) is 0 Å². The molecular weight excluding hydrogens is 359 g/mol. The Hall–Kier alpha value is -2.71. The van der Waals surface area contributed by atoms with Crippen LogP contribution < -0.4 is 4.90 Å². The van der Waals surface area contributed by atoms with Crippen LogP contribution in [-0.4, -0.2) is 51.4 Å². The molecule has 2 aromatic rings. The minimum atomic E-state index is -4.58. The SMILES string of the molecule is CC(C)N1CC2(CN(C(=O)c3ccnc(C(F)(F)F)c3)C2)c2nccnc21. The molecule has 4 rings (SSSR count). The Morgan fingerprint density at radius 3 is 2.48 bits per heavy atom. The zero-order valence-electron chi connectivity index (χ0n) is 14.9. The minimum Gasteiger partial charge on any atom is -0.352 e. The second-order valence-electron chi connectivity index (χ2n) is 7.32. The smallest absolute Gasteiger partial charge is 0.352 e. The summed E-state index contributed by atoms with van der Waals surface area (Å²) in [5.41, 5.74) is -0.533. The number of amides is 1. The highest BCUT2D eigenvalue weighted by atomic mass is 19.4. The van der Waals surface area contributed by atoms with Gasteiger partial charge in [0.15, 0.2) is 5.82 Å². The molecule has 2 aliphatic heterocycles.